The average molecular weight is 294 g/mol. The average Bonchev–Trinajstić information content (AvgIpc) is 2.88. The lowest BCUT2D eigenvalue weighted by molar-refractivity contribution is -0.117. The minimum Gasteiger partial charge on any atom is -0.338 e. The van der Waals surface area contributed by atoms with E-state index in [1.807, 2.05) is 20.9 Å². The molecule has 1 aromatic heterocycles. The molecule has 6 heteroatoms. The Morgan fingerprint density at radius 3 is 3.05 bits per heavy atom. The third kappa shape index (κ3) is 4.82. The van der Waals surface area contributed by atoms with Crippen LogP contribution in [0, 0.1) is 5.92 Å². The zero-order chi connectivity index (χ0) is 15.2. The van der Waals surface area contributed by atoms with Crippen LogP contribution in [0.25, 0.3) is 0 Å². The second-order valence-electron chi connectivity index (χ2n) is 6.12. The standard InChI is InChI=1S/C15H26N4O2/c1-11(2)13-7-15(21-18-13)17-14(20)10-19-6-4-5-12(9-19)8-16-3/h7,11-12,16H,4-6,8-10H2,1-3H3,(H,17,20). The van der Waals surface area contributed by atoms with Gasteiger partial charge in [0, 0.05) is 12.6 Å². The first-order valence-corrected chi connectivity index (χ1v) is 7.72. The molecule has 0 bridgehead atoms. The van der Waals surface area contributed by atoms with Crippen molar-refractivity contribution in [2.45, 2.75) is 32.6 Å². The van der Waals surface area contributed by atoms with Gasteiger partial charge >= 0.3 is 0 Å². The summed E-state index contributed by atoms with van der Waals surface area (Å²) in [5.41, 5.74) is 0.859. The Labute approximate surface area is 126 Å². The van der Waals surface area contributed by atoms with Crippen LogP contribution in [0.1, 0.15) is 38.3 Å². The van der Waals surface area contributed by atoms with Gasteiger partial charge in [-0.15, -0.1) is 0 Å². The first-order chi connectivity index (χ1) is 10.1. The van der Waals surface area contributed by atoms with Gasteiger partial charge in [-0.25, -0.2) is 0 Å². The largest absolute Gasteiger partial charge is 0.338 e. The van der Waals surface area contributed by atoms with E-state index in [2.05, 4.69) is 20.7 Å². The van der Waals surface area contributed by atoms with Gasteiger partial charge in [-0.1, -0.05) is 19.0 Å². The quantitative estimate of drug-likeness (QED) is 0.835. The van der Waals surface area contributed by atoms with E-state index in [9.17, 15) is 4.79 Å². The lowest BCUT2D eigenvalue weighted by Crippen LogP contribution is -2.42. The molecule has 1 fully saturated rings. The highest BCUT2D eigenvalue weighted by molar-refractivity contribution is 5.90. The molecule has 2 rings (SSSR count). The molecule has 21 heavy (non-hydrogen) atoms. The number of hydrogen-bond donors (Lipinski definition) is 2. The maximum Gasteiger partial charge on any atom is 0.240 e. The highest BCUT2D eigenvalue weighted by Crippen LogP contribution is 2.18. The van der Waals surface area contributed by atoms with Crippen molar-refractivity contribution in [2.24, 2.45) is 5.92 Å². The summed E-state index contributed by atoms with van der Waals surface area (Å²) in [7, 11) is 1.97. The van der Waals surface area contributed by atoms with Crippen molar-refractivity contribution < 1.29 is 9.32 Å². The fourth-order valence-corrected chi connectivity index (χ4v) is 2.75. The van der Waals surface area contributed by atoms with Crippen LogP contribution < -0.4 is 10.6 Å². The number of aromatic nitrogens is 1. The van der Waals surface area contributed by atoms with Crippen molar-refractivity contribution in [3.8, 4) is 0 Å². The van der Waals surface area contributed by atoms with Gasteiger partial charge in [0.05, 0.1) is 12.2 Å². The van der Waals surface area contributed by atoms with Crippen LogP contribution in [0.4, 0.5) is 5.88 Å². The molecule has 2 N–H and O–H groups in total. The molecule has 0 saturated carbocycles. The van der Waals surface area contributed by atoms with E-state index in [1.54, 1.807) is 6.07 Å². The van der Waals surface area contributed by atoms with Crippen molar-refractivity contribution in [1.29, 1.82) is 0 Å². The minimum atomic E-state index is -0.0356. The summed E-state index contributed by atoms with van der Waals surface area (Å²) in [6, 6.07) is 1.79. The molecular weight excluding hydrogens is 268 g/mol. The van der Waals surface area contributed by atoms with Crippen molar-refractivity contribution in [1.82, 2.24) is 15.4 Å². The summed E-state index contributed by atoms with van der Waals surface area (Å²) >= 11 is 0. The third-order valence-electron chi connectivity index (χ3n) is 3.85. The monoisotopic (exact) mass is 294 g/mol. The Hall–Kier alpha value is -1.40. The second kappa shape index (κ2) is 7.56. The summed E-state index contributed by atoms with van der Waals surface area (Å²) in [6.45, 7) is 7.47. The second-order valence-corrected chi connectivity index (χ2v) is 6.12. The fraction of sp³-hybridized carbons (Fsp3) is 0.733. The first-order valence-electron chi connectivity index (χ1n) is 7.72. The molecule has 6 nitrogen and oxygen atoms in total. The molecule has 118 valence electrons. The van der Waals surface area contributed by atoms with Crippen molar-refractivity contribution in [2.75, 3.05) is 38.5 Å². The number of piperidine rings is 1. The van der Waals surface area contributed by atoms with Gasteiger partial charge in [0.1, 0.15) is 0 Å². The lowest BCUT2D eigenvalue weighted by Gasteiger charge is -2.31. The van der Waals surface area contributed by atoms with E-state index in [0.717, 1.165) is 31.7 Å². The van der Waals surface area contributed by atoms with Gasteiger partial charge in [-0.3, -0.25) is 15.0 Å². The van der Waals surface area contributed by atoms with E-state index < -0.39 is 0 Å². The molecule has 0 aliphatic carbocycles. The molecule has 1 saturated heterocycles. The fourth-order valence-electron chi connectivity index (χ4n) is 2.75. The molecule has 2 heterocycles. The Balaban J connectivity index is 1.80. The molecule has 1 amide bonds. The van der Waals surface area contributed by atoms with Gasteiger partial charge in [0.2, 0.25) is 11.8 Å². The van der Waals surface area contributed by atoms with E-state index in [-0.39, 0.29) is 5.91 Å². The molecule has 0 radical (unpaired) electrons. The maximum absolute atomic E-state index is 12.1. The number of likely N-dealkylation sites (tertiary alicyclic amines) is 1. The van der Waals surface area contributed by atoms with Crippen molar-refractivity contribution in [3.63, 3.8) is 0 Å². The number of hydrogen-bond acceptors (Lipinski definition) is 5. The van der Waals surface area contributed by atoms with Crippen molar-refractivity contribution in [3.05, 3.63) is 11.8 Å². The van der Waals surface area contributed by atoms with Crippen LogP contribution in [0.15, 0.2) is 10.6 Å². The predicted molar refractivity (Wildman–Crippen MR) is 82.3 cm³/mol. The summed E-state index contributed by atoms with van der Waals surface area (Å²) < 4.78 is 5.13. The van der Waals surface area contributed by atoms with Crippen LogP contribution in [-0.4, -0.2) is 49.2 Å². The van der Waals surface area contributed by atoms with Gasteiger partial charge < -0.3 is 9.84 Å². The number of nitrogens with one attached hydrogen (secondary N) is 2. The molecule has 1 aliphatic rings. The maximum atomic E-state index is 12.1. The van der Waals surface area contributed by atoms with Crippen LogP contribution in [-0.2, 0) is 4.79 Å². The number of carbonyl (C=O) groups excluding carboxylic acids is 1. The Bertz CT molecular complexity index is 456. The molecule has 0 spiro atoms. The van der Waals surface area contributed by atoms with Gasteiger partial charge in [-0.2, -0.15) is 0 Å². The molecule has 1 aromatic rings. The lowest BCUT2D eigenvalue weighted by atomic mass is 9.98. The van der Waals surface area contributed by atoms with E-state index in [4.69, 9.17) is 4.52 Å². The summed E-state index contributed by atoms with van der Waals surface area (Å²) in [5.74, 6) is 1.33. The smallest absolute Gasteiger partial charge is 0.240 e. The van der Waals surface area contributed by atoms with E-state index >= 15 is 0 Å². The highest BCUT2D eigenvalue weighted by Gasteiger charge is 2.21. The first kappa shape index (κ1) is 16.0. The highest BCUT2D eigenvalue weighted by atomic mass is 16.5. The Kier molecular flexibility index (Phi) is 5.76. The number of nitrogens with zero attached hydrogens (tertiary/aromatic N) is 2. The van der Waals surface area contributed by atoms with Gasteiger partial charge in [0.15, 0.2) is 0 Å². The van der Waals surface area contributed by atoms with Crippen molar-refractivity contribution >= 4 is 11.8 Å². The molecule has 1 atom stereocenters. The van der Waals surface area contributed by atoms with Crippen LogP contribution in [0.3, 0.4) is 0 Å². The van der Waals surface area contributed by atoms with Crippen LogP contribution >= 0.6 is 0 Å². The zero-order valence-electron chi connectivity index (χ0n) is 13.2. The zero-order valence-corrected chi connectivity index (χ0v) is 13.2. The summed E-state index contributed by atoms with van der Waals surface area (Å²) in [4.78, 5) is 14.3. The number of rotatable bonds is 6. The Morgan fingerprint density at radius 1 is 1.57 bits per heavy atom. The summed E-state index contributed by atoms with van der Waals surface area (Å²) in [6.07, 6.45) is 2.39. The SMILES string of the molecule is CNCC1CCCN(CC(=O)Nc2cc(C(C)C)no2)C1. The Morgan fingerprint density at radius 2 is 2.38 bits per heavy atom. The van der Waals surface area contributed by atoms with Gasteiger partial charge in [-0.05, 0) is 44.8 Å². The normalized spacial score (nSPS) is 19.9. The molecule has 1 aliphatic heterocycles. The molecule has 1 unspecified atom stereocenters. The number of amides is 1. The van der Waals surface area contributed by atoms with Gasteiger partial charge in [0.25, 0.3) is 0 Å². The van der Waals surface area contributed by atoms with Crippen LogP contribution in [0.5, 0.6) is 0 Å². The number of anilines is 1. The third-order valence-corrected chi connectivity index (χ3v) is 3.85. The van der Waals surface area contributed by atoms with Crippen LogP contribution in [0.2, 0.25) is 0 Å². The van der Waals surface area contributed by atoms with E-state index in [1.165, 1.54) is 6.42 Å². The minimum absolute atomic E-state index is 0.0356. The topological polar surface area (TPSA) is 70.4 Å². The molecule has 0 aromatic carbocycles. The van der Waals surface area contributed by atoms with E-state index in [0.29, 0.717) is 24.3 Å². The number of carbonyl (C=O) groups is 1. The molecular formula is C15H26N4O2. The predicted octanol–water partition coefficient (Wildman–Crippen LogP) is 1.67. The summed E-state index contributed by atoms with van der Waals surface area (Å²) in [5, 5.41) is 9.94.